The van der Waals surface area contributed by atoms with Crippen LogP contribution >= 0.6 is 0 Å². The normalized spacial score (nSPS) is 16.3. The maximum atomic E-state index is 13.4. The van der Waals surface area contributed by atoms with Gasteiger partial charge in [0.25, 0.3) is 0 Å². The Kier molecular flexibility index (Phi) is 2.48. The summed E-state index contributed by atoms with van der Waals surface area (Å²) in [6, 6.07) is 0.926. The Morgan fingerprint density at radius 3 is 2.67 bits per heavy atom. The summed E-state index contributed by atoms with van der Waals surface area (Å²) in [5, 5.41) is 9.34. The Balaban J connectivity index is 2.63. The number of aliphatic hydroxyl groups is 1. The van der Waals surface area contributed by atoms with Gasteiger partial charge in [0, 0.05) is 6.07 Å². The van der Waals surface area contributed by atoms with Crippen LogP contribution in [-0.2, 0) is 0 Å². The third kappa shape index (κ3) is 1.63. The van der Waals surface area contributed by atoms with Crippen LogP contribution in [0, 0.1) is 11.6 Å². The second kappa shape index (κ2) is 3.66. The first kappa shape index (κ1) is 10.2. The molecule has 0 saturated heterocycles. The van der Waals surface area contributed by atoms with Crippen molar-refractivity contribution in [3.05, 3.63) is 23.3 Å². The Hall–Kier alpha value is -1.36. The minimum Gasteiger partial charge on any atom is -0.486 e. The van der Waals surface area contributed by atoms with Gasteiger partial charge in [0.05, 0.1) is 11.7 Å². The van der Waals surface area contributed by atoms with E-state index in [1.807, 2.05) is 0 Å². The fraction of sp³-hybridized carbons (Fsp3) is 0.400. The van der Waals surface area contributed by atoms with Gasteiger partial charge in [-0.3, -0.25) is 0 Å². The minimum atomic E-state index is -1.14. The molecule has 0 spiro atoms. The smallest absolute Gasteiger partial charge is 0.170 e. The number of benzene rings is 1. The van der Waals surface area contributed by atoms with E-state index in [0.717, 1.165) is 6.07 Å². The zero-order valence-electron chi connectivity index (χ0n) is 8.09. The van der Waals surface area contributed by atoms with E-state index >= 15 is 0 Å². The van der Waals surface area contributed by atoms with E-state index in [2.05, 4.69) is 0 Å². The number of ether oxygens (including phenoxy) is 2. The molecule has 0 amide bonds. The van der Waals surface area contributed by atoms with Gasteiger partial charge < -0.3 is 14.6 Å². The molecule has 15 heavy (non-hydrogen) atoms. The average molecular weight is 216 g/mol. The predicted octanol–water partition coefficient (Wildman–Crippen LogP) is 1.79. The SMILES string of the molecule is CC(O)c1c(F)c(F)cc2c1OCCO2. The van der Waals surface area contributed by atoms with Gasteiger partial charge >= 0.3 is 0 Å². The van der Waals surface area contributed by atoms with Gasteiger partial charge in [0.2, 0.25) is 0 Å². The predicted molar refractivity (Wildman–Crippen MR) is 48.0 cm³/mol. The summed E-state index contributed by atoms with van der Waals surface area (Å²) in [5.41, 5.74) is -0.190. The second-order valence-corrected chi connectivity index (χ2v) is 3.29. The highest BCUT2D eigenvalue weighted by molar-refractivity contribution is 5.49. The van der Waals surface area contributed by atoms with E-state index < -0.39 is 17.7 Å². The summed E-state index contributed by atoms with van der Waals surface area (Å²) in [6.45, 7) is 1.89. The van der Waals surface area contributed by atoms with Gasteiger partial charge in [-0.15, -0.1) is 0 Å². The number of hydrogen-bond donors (Lipinski definition) is 1. The molecule has 1 aromatic carbocycles. The Morgan fingerprint density at radius 2 is 2.00 bits per heavy atom. The molecule has 1 aromatic rings. The Morgan fingerprint density at radius 1 is 1.33 bits per heavy atom. The highest BCUT2D eigenvalue weighted by Gasteiger charge is 2.25. The van der Waals surface area contributed by atoms with Crippen molar-refractivity contribution in [2.24, 2.45) is 0 Å². The van der Waals surface area contributed by atoms with Crippen LogP contribution in [-0.4, -0.2) is 18.3 Å². The maximum Gasteiger partial charge on any atom is 0.170 e. The van der Waals surface area contributed by atoms with Crippen LogP contribution in [0.3, 0.4) is 0 Å². The second-order valence-electron chi connectivity index (χ2n) is 3.29. The highest BCUT2D eigenvalue weighted by Crippen LogP contribution is 2.39. The number of rotatable bonds is 1. The van der Waals surface area contributed by atoms with E-state index in [4.69, 9.17) is 9.47 Å². The molecule has 0 saturated carbocycles. The number of hydrogen-bond acceptors (Lipinski definition) is 3. The van der Waals surface area contributed by atoms with Crippen LogP contribution in [0.25, 0.3) is 0 Å². The number of aliphatic hydroxyl groups excluding tert-OH is 1. The maximum absolute atomic E-state index is 13.4. The van der Waals surface area contributed by atoms with E-state index in [0.29, 0.717) is 0 Å². The summed E-state index contributed by atoms with van der Waals surface area (Å²) in [4.78, 5) is 0. The van der Waals surface area contributed by atoms with E-state index in [9.17, 15) is 13.9 Å². The van der Waals surface area contributed by atoms with Crippen LogP contribution in [0.15, 0.2) is 6.07 Å². The topological polar surface area (TPSA) is 38.7 Å². The summed E-state index contributed by atoms with van der Waals surface area (Å²) in [5.74, 6) is -1.91. The van der Waals surface area contributed by atoms with Crippen LogP contribution in [0.5, 0.6) is 11.5 Å². The van der Waals surface area contributed by atoms with E-state index in [1.54, 1.807) is 0 Å². The molecule has 1 aliphatic heterocycles. The quantitative estimate of drug-likeness (QED) is 0.777. The molecular weight excluding hydrogens is 206 g/mol. The minimum absolute atomic E-state index is 0.0927. The standard InChI is InChI=1S/C10H10F2O3/c1-5(13)8-9(12)6(11)4-7-10(8)15-3-2-14-7/h4-5,13H,2-3H2,1H3. The first-order valence-corrected chi connectivity index (χ1v) is 4.57. The van der Waals surface area contributed by atoms with Crippen LogP contribution in [0.1, 0.15) is 18.6 Å². The lowest BCUT2D eigenvalue weighted by Crippen LogP contribution is -2.18. The summed E-state index contributed by atoms with van der Waals surface area (Å²) in [6.07, 6.45) is -1.14. The van der Waals surface area contributed by atoms with Gasteiger partial charge in [0.15, 0.2) is 23.1 Å². The highest BCUT2D eigenvalue weighted by atomic mass is 19.2. The summed E-state index contributed by atoms with van der Waals surface area (Å²) in [7, 11) is 0. The molecule has 1 atom stereocenters. The van der Waals surface area contributed by atoms with Crippen molar-refractivity contribution in [2.75, 3.05) is 13.2 Å². The Bertz CT molecular complexity index is 391. The molecule has 0 aliphatic carbocycles. The molecule has 2 rings (SSSR count). The fourth-order valence-electron chi connectivity index (χ4n) is 1.53. The van der Waals surface area contributed by atoms with Crippen LogP contribution in [0.4, 0.5) is 8.78 Å². The van der Waals surface area contributed by atoms with Gasteiger partial charge in [-0.2, -0.15) is 0 Å². The van der Waals surface area contributed by atoms with Crippen molar-refractivity contribution < 1.29 is 23.4 Å². The van der Waals surface area contributed by atoms with Crippen molar-refractivity contribution >= 4 is 0 Å². The lowest BCUT2D eigenvalue weighted by Gasteiger charge is -2.22. The fourth-order valence-corrected chi connectivity index (χ4v) is 1.53. The van der Waals surface area contributed by atoms with Crippen molar-refractivity contribution in [3.8, 4) is 11.5 Å². The van der Waals surface area contributed by atoms with Crippen LogP contribution in [0.2, 0.25) is 0 Å². The molecule has 1 N–H and O–H groups in total. The van der Waals surface area contributed by atoms with Crippen molar-refractivity contribution in [2.45, 2.75) is 13.0 Å². The molecule has 0 fully saturated rings. The molecule has 5 heteroatoms. The zero-order valence-corrected chi connectivity index (χ0v) is 8.09. The van der Waals surface area contributed by atoms with E-state index in [-0.39, 0.29) is 30.3 Å². The molecule has 0 aromatic heterocycles. The van der Waals surface area contributed by atoms with Crippen molar-refractivity contribution in [1.82, 2.24) is 0 Å². The molecule has 1 unspecified atom stereocenters. The lowest BCUT2D eigenvalue weighted by atomic mass is 10.1. The van der Waals surface area contributed by atoms with Crippen LogP contribution < -0.4 is 9.47 Å². The number of fused-ring (bicyclic) bond motifs is 1. The first-order chi connectivity index (χ1) is 7.11. The largest absolute Gasteiger partial charge is 0.486 e. The lowest BCUT2D eigenvalue weighted by molar-refractivity contribution is 0.148. The van der Waals surface area contributed by atoms with Gasteiger partial charge in [-0.05, 0) is 6.92 Å². The van der Waals surface area contributed by atoms with Gasteiger partial charge in [-0.1, -0.05) is 0 Å². The molecule has 82 valence electrons. The molecule has 1 aliphatic rings. The zero-order chi connectivity index (χ0) is 11.0. The molecule has 3 nitrogen and oxygen atoms in total. The molecule has 0 bridgehead atoms. The number of halogens is 2. The van der Waals surface area contributed by atoms with Crippen molar-refractivity contribution in [3.63, 3.8) is 0 Å². The first-order valence-electron chi connectivity index (χ1n) is 4.57. The third-order valence-electron chi connectivity index (χ3n) is 2.18. The average Bonchev–Trinajstić information content (AvgIpc) is 2.19. The summed E-state index contributed by atoms with van der Waals surface area (Å²) >= 11 is 0. The van der Waals surface area contributed by atoms with Crippen molar-refractivity contribution in [1.29, 1.82) is 0 Å². The van der Waals surface area contributed by atoms with Gasteiger partial charge in [-0.25, -0.2) is 8.78 Å². The monoisotopic (exact) mass is 216 g/mol. The Labute approximate surface area is 85.2 Å². The van der Waals surface area contributed by atoms with Gasteiger partial charge in [0.1, 0.15) is 13.2 Å². The summed E-state index contributed by atoms with van der Waals surface area (Å²) < 4.78 is 36.7. The molecule has 1 heterocycles. The third-order valence-corrected chi connectivity index (χ3v) is 2.18. The van der Waals surface area contributed by atoms with E-state index in [1.165, 1.54) is 6.92 Å². The molecular formula is C10H10F2O3. The molecule has 0 radical (unpaired) electrons.